The third-order valence-electron chi connectivity index (χ3n) is 2.80. The molecule has 5 heteroatoms. The van der Waals surface area contributed by atoms with E-state index in [1.54, 1.807) is 0 Å². The number of nitrogens with one attached hydrogen (secondary N) is 1. The lowest BCUT2D eigenvalue weighted by molar-refractivity contribution is 0.326. The maximum Gasteiger partial charge on any atom is 0.226 e. The lowest BCUT2D eigenvalue weighted by Crippen LogP contribution is -2.19. The average molecular weight is 291 g/mol. The van der Waals surface area contributed by atoms with Crippen LogP contribution in [0.2, 0.25) is 0 Å². The summed E-state index contributed by atoms with van der Waals surface area (Å²) in [7, 11) is 0. The third kappa shape index (κ3) is 4.20. The van der Waals surface area contributed by atoms with E-state index < -0.39 is 0 Å². The van der Waals surface area contributed by atoms with E-state index in [9.17, 15) is 0 Å². The average Bonchev–Trinajstić information content (AvgIpc) is 2.74. The Morgan fingerprint density at radius 2 is 2.10 bits per heavy atom. The molecule has 1 unspecified atom stereocenters. The summed E-state index contributed by atoms with van der Waals surface area (Å²) in [6, 6.07) is 6.47. The molecule has 2 heterocycles. The predicted octanol–water partition coefficient (Wildman–Crippen LogP) is 3.60. The molecular weight excluding hydrogens is 270 g/mol. The van der Waals surface area contributed by atoms with E-state index in [1.165, 1.54) is 9.75 Å². The van der Waals surface area contributed by atoms with E-state index in [4.69, 9.17) is 4.74 Å². The second-order valence-electron chi connectivity index (χ2n) is 4.87. The van der Waals surface area contributed by atoms with Crippen LogP contribution in [0, 0.1) is 13.8 Å². The van der Waals surface area contributed by atoms with E-state index in [-0.39, 0.29) is 6.04 Å². The summed E-state index contributed by atoms with van der Waals surface area (Å²) in [6.07, 6.45) is 0.972. The zero-order chi connectivity index (χ0) is 14.5. The highest BCUT2D eigenvalue weighted by Gasteiger charge is 2.09. The van der Waals surface area contributed by atoms with Crippen LogP contribution in [0.5, 0.6) is 5.88 Å². The molecule has 2 aromatic rings. The summed E-state index contributed by atoms with van der Waals surface area (Å²) >= 11 is 1.84. The van der Waals surface area contributed by atoms with Crippen molar-refractivity contribution < 1.29 is 4.74 Å². The normalized spacial score (nSPS) is 12.2. The highest BCUT2D eigenvalue weighted by atomic mass is 32.1. The number of ether oxygens (including phenoxy) is 1. The Morgan fingerprint density at radius 3 is 2.75 bits per heavy atom. The van der Waals surface area contributed by atoms with Gasteiger partial charge in [-0.05, 0) is 39.8 Å². The summed E-state index contributed by atoms with van der Waals surface area (Å²) in [5, 5.41) is 3.34. The van der Waals surface area contributed by atoms with Crippen LogP contribution in [0.1, 0.15) is 29.3 Å². The van der Waals surface area contributed by atoms with Gasteiger partial charge in [-0.3, -0.25) is 0 Å². The number of hydrogen-bond donors (Lipinski definition) is 1. The van der Waals surface area contributed by atoms with Crippen molar-refractivity contribution in [3.8, 4) is 5.88 Å². The molecule has 0 fully saturated rings. The third-order valence-corrected chi connectivity index (χ3v) is 3.82. The first kappa shape index (κ1) is 14.8. The lowest BCUT2D eigenvalue weighted by atomic mass is 10.2. The predicted molar refractivity (Wildman–Crippen MR) is 83.8 cm³/mol. The first-order valence-corrected chi connectivity index (χ1v) is 7.68. The molecule has 0 aliphatic heterocycles. The zero-order valence-corrected chi connectivity index (χ0v) is 13.3. The standard InChI is InChI=1S/C15H21N3OS/c1-5-19-14-9-11(3)17-15(18-14)16-10(2)8-13-7-6-12(4)20-13/h6-7,9-10H,5,8H2,1-4H3,(H,16,17,18). The van der Waals surface area contributed by atoms with Crippen LogP contribution in [0.4, 0.5) is 5.95 Å². The molecule has 0 radical (unpaired) electrons. The molecule has 2 aromatic heterocycles. The highest BCUT2D eigenvalue weighted by molar-refractivity contribution is 7.11. The molecule has 20 heavy (non-hydrogen) atoms. The van der Waals surface area contributed by atoms with Crippen LogP contribution in [0.25, 0.3) is 0 Å². The summed E-state index contributed by atoms with van der Waals surface area (Å²) < 4.78 is 5.44. The molecule has 0 bridgehead atoms. The molecule has 4 nitrogen and oxygen atoms in total. The van der Waals surface area contributed by atoms with Gasteiger partial charge in [0.05, 0.1) is 6.61 Å². The van der Waals surface area contributed by atoms with Gasteiger partial charge in [0.25, 0.3) is 0 Å². The van der Waals surface area contributed by atoms with Gasteiger partial charge in [-0.25, -0.2) is 4.98 Å². The molecule has 0 amide bonds. The Hall–Kier alpha value is -1.62. The van der Waals surface area contributed by atoms with Gasteiger partial charge in [-0.1, -0.05) is 0 Å². The number of rotatable bonds is 6. The van der Waals surface area contributed by atoms with Gasteiger partial charge in [-0.15, -0.1) is 11.3 Å². The van der Waals surface area contributed by atoms with E-state index in [2.05, 4.69) is 41.3 Å². The second kappa shape index (κ2) is 6.70. The maximum atomic E-state index is 5.44. The fourth-order valence-electron chi connectivity index (χ4n) is 1.99. The summed E-state index contributed by atoms with van der Waals surface area (Å²) in [5.74, 6) is 1.26. The van der Waals surface area contributed by atoms with Crippen LogP contribution in [-0.4, -0.2) is 22.6 Å². The highest BCUT2D eigenvalue weighted by Crippen LogP contribution is 2.18. The fraction of sp³-hybridized carbons (Fsp3) is 0.467. The molecule has 1 atom stereocenters. The van der Waals surface area contributed by atoms with Crippen LogP contribution >= 0.6 is 11.3 Å². The Bertz CT molecular complexity index is 568. The van der Waals surface area contributed by atoms with Crippen LogP contribution in [0.3, 0.4) is 0 Å². The number of nitrogens with zero attached hydrogens (tertiary/aromatic N) is 2. The monoisotopic (exact) mass is 291 g/mol. The number of hydrogen-bond acceptors (Lipinski definition) is 5. The Kier molecular flexibility index (Phi) is 4.95. The quantitative estimate of drug-likeness (QED) is 0.883. The molecule has 1 N–H and O–H groups in total. The molecule has 0 spiro atoms. The van der Waals surface area contributed by atoms with Gasteiger partial charge >= 0.3 is 0 Å². The van der Waals surface area contributed by atoms with Gasteiger partial charge in [-0.2, -0.15) is 4.98 Å². The van der Waals surface area contributed by atoms with Crippen LogP contribution < -0.4 is 10.1 Å². The minimum Gasteiger partial charge on any atom is -0.478 e. The topological polar surface area (TPSA) is 47.0 Å². The molecule has 0 aromatic carbocycles. The van der Waals surface area contributed by atoms with Crippen LogP contribution in [0.15, 0.2) is 18.2 Å². The minimum atomic E-state index is 0.282. The number of anilines is 1. The number of thiophene rings is 1. The van der Waals surface area contributed by atoms with Gasteiger partial charge in [0, 0.05) is 34.0 Å². The Labute approximate surface area is 124 Å². The Morgan fingerprint density at radius 1 is 1.30 bits per heavy atom. The first-order chi connectivity index (χ1) is 9.56. The summed E-state index contributed by atoms with van der Waals surface area (Å²) in [6.45, 7) is 8.78. The van der Waals surface area contributed by atoms with E-state index in [0.717, 1.165) is 12.1 Å². The van der Waals surface area contributed by atoms with Crippen LogP contribution in [-0.2, 0) is 6.42 Å². The molecule has 0 saturated carbocycles. The molecule has 0 aliphatic carbocycles. The number of aryl methyl sites for hydroxylation is 2. The first-order valence-electron chi connectivity index (χ1n) is 6.87. The van der Waals surface area contributed by atoms with Gasteiger partial charge < -0.3 is 10.1 Å². The fourth-order valence-corrected chi connectivity index (χ4v) is 3.01. The zero-order valence-electron chi connectivity index (χ0n) is 12.4. The van der Waals surface area contributed by atoms with Crippen molar-refractivity contribution in [3.63, 3.8) is 0 Å². The van der Waals surface area contributed by atoms with Gasteiger partial charge in [0.2, 0.25) is 11.8 Å². The van der Waals surface area contributed by atoms with E-state index >= 15 is 0 Å². The van der Waals surface area contributed by atoms with E-state index in [1.807, 2.05) is 31.3 Å². The molecule has 108 valence electrons. The van der Waals surface area contributed by atoms with Crippen molar-refractivity contribution in [2.24, 2.45) is 0 Å². The molecule has 0 saturated heterocycles. The number of aromatic nitrogens is 2. The van der Waals surface area contributed by atoms with E-state index in [0.29, 0.717) is 18.4 Å². The van der Waals surface area contributed by atoms with Gasteiger partial charge in [0.15, 0.2) is 0 Å². The molecular formula is C15H21N3OS. The lowest BCUT2D eigenvalue weighted by Gasteiger charge is -2.14. The second-order valence-corrected chi connectivity index (χ2v) is 6.24. The smallest absolute Gasteiger partial charge is 0.226 e. The summed E-state index contributed by atoms with van der Waals surface area (Å²) in [4.78, 5) is 11.5. The SMILES string of the molecule is CCOc1cc(C)nc(NC(C)Cc2ccc(C)s2)n1. The van der Waals surface area contributed by atoms with Crippen molar-refractivity contribution in [1.29, 1.82) is 0 Å². The van der Waals surface area contributed by atoms with Gasteiger partial charge in [0.1, 0.15) is 0 Å². The van der Waals surface area contributed by atoms with Crippen molar-refractivity contribution in [3.05, 3.63) is 33.6 Å². The minimum absolute atomic E-state index is 0.282. The maximum absolute atomic E-state index is 5.44. The molecule has 2 rings (SSSR count). The Balaban J connectivity index is 2.01. The molecule has 0 aliphatic rings. The summed E-state index contributed by atoms with van der Waals surface area (Å²) in [5.41, 5.74) is 0.908. The van der Waals surface area contributed by atoms with Crippen molar-refractivity contribution >= 4 is 17.3 Å². The van der Waals surface area contributed by atoms with Crippen molar-refractivity contribution in [2.75, 3.05) is 11.9 Å². The largest absolute Gasteiger partial charge is 0.478 e. The van der Waals surface area contributed by atoms with Crippen molar-refractivity contribution in [1.82, 2.24) is 9.97 Å². The van der Waals surface area contributed by atoms with Crippen molar-refractivity contribution in [2.45, 2.75) is 40.2 Å².